The van der Waals surface area contributed by atoms with Crippen LogP contribution in [0.4, 0.5) is 0 Å². The van der Waals surface area contributed by atoms with Gasteiger partial charge in [0, 0.05) is 56.5 Å². The smallest absolute Gasteiger partial charge is 0.160 e. The molecule has 11 aromatic rings. The number of pyridine rings is 3. The van der Waals surface area contributed by atoms with Crippen molar-refractivity contribution in [1.29, 1.82) is 0 Å². The van der Waals surface area contributed by atoms with Gasteiger partial charge in [0.1, 0.15) is 0 Å². The lowest BCUT2D eigenvalue weighted by Gasteiger charge is -2.13. The Balaban J connectivity index is 0.942. The summed E-state index contributed by atoms with van der Waals surface area (Å²) in [6, 6.07) is 67.9. The average molecular weight is 780 g/mol. The van der Waals surface area contributed by atoms with Crippen LogP contribution in [0.25, 0.3) is 111 Å². The molecule has 0 aliphatic rings. The SMILES string of the molecule is Cc1ccc2ccc3c(-c4ccccc4)cc(-c4ccc(-c5ccc(-c6nc(-c7ccccc7)cc(-c7cccc(-c8cccc9ccncc89)c7)n6)cc5)cc4)nc3c2n1. The second kappa shape index (κ2) is 15.2. The van der Waals surface area contributed by atoms with Gasteiger partial charge in [-0.05, 0) is 76.0 Å². The Bertz CT molecular complexity index is 3390. The molecule has 286 valence electrons. The number of fused-ring (bicyclic) bond motifs is 4. The molecule has 0 spiro atoms. The van der Waals surface area contributed by atoms with Crippen molar-refractivity contribution in [2.75, 3.05) is 0 Å². The summed E-state index contributed by atoms with van der Waals surface area (Å²) in [5.41, 5.74) is 16.3. The van der Waals surface area contributed by atoms with Crippen molar-refractivity contribution < 1.29 is 0 Å². The maximum absolute atomic E-state index is 5.26. The van der Waals surface area contributed by atoms with Gasteiger partial charge in [-0.15, -0.1) is 0 Å². The molecule has 0 fully saturated rings. The van der Waals surface area contributed by atoms with Crippen LogP contribution in [0.1, 0.15) is 5.69 Å². The molecule has 4 heterocycles. The summed E-state index contributed by atoms with van der Waals surface area (Å²) in [7, 11) is 0. The third kappa shape index (κ3) is 6.88. The molecule has 7 aromatic carbocycles. The van der Waals surface area contributed by atoms with E-state index in [0.717, 1.165) is 111 Å². The highest BCUT2D eigenvalue weighted by molar-refractivity contribution is 6.09. The highest BCUT2D eigenvalue weighted by atomic mass is 14.9. The molecule has 0 amide bonds. The van der Waals surface area contributed by atoms with Gasteiger partial charge in [-0.2, -0.15) is 0 Å². The van der Waals surface area contributed by atoms with Crippen LogP contribution in [0.3, 0.4) is 0 Å². The molecule has 5 nitrogen and oxygen atoms in total. The van der Waals surface area contributed by atoms with Gasteiger partial charge >= 0.3 is 0 Å². The predicted molar refractivity (Wildman–Crippen MR) is 251 cm³/mol. The summed E-state index contributed by atoms with van der Waals surface area (Å²) in [6.07, 6.45) is 3.78. The van der Waals surface area contributed by atoms with Crippen LogP contribution in [0.2, 0.25) is 0 Å². The summed E-state index contributed by atoms with van der Waals surface area (Å²) in [5, 5.41) is 4.45. The number of nitrogens with zero attached hydrogens (tertiary/aromatic N) is 5. The van der Waals surface area contributed by atoms with Gasteiger partial charge in [0.2, 0.25) is 0 Å². The van der Waals surface area contributed by atoms with E-state index in [2.05, 4.69) is 181 Å². The number of hydrogen-bond acceptors (Lipinski definition) is 5. The van der Waals surface area contributed by atoms with Gasteiger partial charge in [-0.1, -0.05) is 164 Å². The Morgan fingerprint density at radius 1 is 0.328 bits per heavy atom. The van der Waals surface area contributed by atoms with Crippen molar-refractivity contribution in [2.45, 2.75) is 6.92 Å². The molecular formula is C56H37N5. The summed E-state index contributed by atoms with van der Waals surface area (Å²) < 4.78 is 0. The van der Waals surface area contributed by atoms with E-state index in [-0.39, 0.29) is 0 Å². The largest absolute Gasteiger partial charge is 0.264 e. The van der Waals surface area contributed by atoms with Crippen LogP contribution in [0, 0.1) is 6.92 Å². The van der Waals surface area contributed by atoms with Crippen molar-refractivity contribution in [3.05, 3.63) is 212 Å². The minimum atomic E-state index is 0.673. The minimum Gasteiger partial charge on any atom is -0.264 e. The van der Waals surface area contributed by atoms with E-state index in [1.807, 2.05) is 37.5 Å². The molecule has 0 unspecified atom stereocenters. The maximum atomic E-state index is 5.26. The normalized spacial score (nSPS) is 11.4. The average Bonchev–Trinajstić information content (AvgIpc) is 3.34. The van der Waals surface area contributed by atoms with Gasteiger partial charge in [0.15, 0.2) is 5.82 Å². The van der Waals surface area contributed by atoms with Crippen LogP contribution in [0.15, 0.2) is 207 Å². The van der Waals surface area contributed by atoms with Gasteiger partial charge < -0.3 is 0 Å². The molecule has 0 aliphatic heterocycles. The van der Waals surface area contributed by atoms with E-state index >= 15 is 0 Å². The first-order valence-corrected chi connectivity index (χ1v) is 20.5. The number of hydrogen-bond donors (Lipinski definition) is 0. The minimum absolute atomic E-state index is 0.673. The predicted octanol–water partition coefficient (Wildman–Crippen LogP) is 14.1. The van der Waals surface area contributed by atoms with Gasteiger partial charge in [-0.25, -0.2) is 15.0 Å². The van der Waals surface area contributed by atoms with Crippen LogP contribution < -0.4 is 0 Å². The number of rotatable bonds is 7. The maximum Gasteiger partial charge on any atom is 0.160 e. The Hall–Kier alpha value is -8.15. The summed E-state index contributed by atoms with van der Waals surface area (Å²) in [5.74, 6) is 0.673. The van der Waals surface area contributed by atoms with Crippen LogP contribution in [-0.4, -0.2) is 24.9 Å². The Kier molecular flexibility index (Phi) is 8.98. The molecule has 5 heteroatoms. The van der Waals surface area contributed by atoms with Crippen LogP contribution in [-0.2, 0) is 0 Å². The lowest BCUT2D eigenvalue weighted by atomic mass is 9.96. The molecule has 61 heavy (non-hydrogen) atoms. The van der Waals surface area contributed by atoms with Gasteiger partial charge in [-0.3, -0.25) is 9.97 Å². The molecule has 0 aliphatic carbocycles. The first-order chi connectivity index (χ1) is 30.1. The van der Waals surface area contributed by atoms with E-state index in [1.54, 1.807) is 0 Å². The molecule has 0 N–H and O–H groups in total. The van der Waals surface area contributed by atoms with Gasteiger partial charge in [0.25, 0.3) is 0 Å². The van der Waals surface area contributed by atoms with Crippen molar-refractivity contribution >= 4 is 32.6 Å². The fourth-order valence-electron chi connectivity index (χ4n) is 8.31. The summed E-state index contributed by atoms with van der Waals surface area (Å²) in [4.78, 5) is 24.9. The van der Waals surface area contributed by atoms with E-state index in [0.29, 0.717) is 5.82 Å². The van der Waals surface area contributed by atoms with Crippen molar-refractivity contribution in [2.24, 2.45) is 0 Å². The topological polar surface area (TPSA) is 64.5 Å². The van der Waals surface area contributed by atoms with E-state index in [4.69, 9.17) is 19.9 Å². The highest BCUT2D eigenvalue weighted by Crippen LogP contribution is 2.37. The zero-order chi connectivity index (χ0) is 40.7. The second-order valence-electron chi connectivity index (χ2n) is 15.4. The molecule has 0 saturated heterocycles. The standard InChI is InChI=1S/C56H37N5/c1-36-18-19-43-28-29-48-49(39-10-4-2-5-11-39)33-51(59-55(48)54(43)58-36)42-24-20-37(21-25-42)38-22-26-44(27-23-38)56-60-52(41-12-6-3-7-13-41)34-53(61-56)46-16-8-15-45(32-46)47-17-9-14-40-30-31-57-35-50(40)47/h2-35H,1H3. The lowest BCUT2D eigenvalue weighted by Crippen LogP contribution is -1.96. The monoisotopic (exact) mass is 779 g/mol. The van der Waals surface area contributed by atoms with Crippen molar-refractivity contribution in [1.82, 2.24) is 24.9 Å². The summed E-state index contributed by atoms with van der Waals surface area (Å²) in [6.45, 7) is 2.03. The lowest BCUT2D eigenvalue weighted by molar-refractivity contribution is 1.18. The Morgan fingerprint density at radius 3 is 1.70 bits per heavy atom. The van der Waals surface area contributed by atoms with Gasteiger partial charge in [0.05, 0.1) is 28.1 Å². The van der Waals surface area contributed by atoms with E-state index in [1.165, 1.54) is 0 Å². The molecule has 0 bridgehead atoms. The van der Waals surface area contributed by atoms with E-state index in [9.17, 15) is 0 Å². The Labute approximate surface area is 353 Å². The van der Waals surface area contributed by atoms with E-state index < -0.39 is 0 Å². The number of aromatic nitrogens is 5. The number of aryl methyl sites for hydroxylation is 1. The molecule has 0 saturated carbocycles. The first kappa shape index (κ1) is 36.0. The van der Waals surface area contributed by atoms with Crippen LogP contribution >= 0.6 is 0 Å². The fourth-order valence-corrected chi connectivity index (χ4v) is 8.31. The quantitative estimate of drug-likeness (QED) is 0.151. The zero-order valence-corrected chi connectivity index (χ0v) is 33.4. The zero-order valence-electron chi connectivity index (χ0n) is 33.4. The van der Waals surface area contributed by atoms with Crippen LogP contribution in [0.5, 0.6) is 0 Å². The Morgan fingerprint density at radius 2 is 0.934 bits per heavy atom. The highest BCUT2D eigenvalue weighted by Gasteiger charge is 2.15. The van der Waals surface area contributed by atoms with Crippen molar-refractivity contribution in [3.63, 3.8) is 0 Å². The first-order valence-electron chi connectivity index (χ1n) is 20.5. The summed E-state index contributed by atoms with van der Waals surface area (Å²) >= 11 is 0. The second-order valence-corrected chi connectivity index (χ2v) is 15.4. The molecule has 4 aromatic heterocycles. The molecule has 0 atom stereocenters. The third-order valence-corrected chi connectivity index (χ3v) is 11.5. The fraction of sp³-hybridized carbons (Fsp3) is 0.0179. The molecule has 11 rings (SSSR count). The third-order valence-electron chi connectivity index (χ3n) is 11.5. The van der Waals surface area contributed by atoms with Crippen molar-refractivity contribution in [3.8, 4) is 78.5 Å². The molecular weight excluding hydrogens is 743 g/mol. The number of benzene rings is 7. The molecule has 0 radical (unpaired) electrons.